The van der Waals surface area contributed by atoms with Crippen LogP contribution in [0.1, 0.15) is 37.2 Å². The zero-order valence-corrected chi connectivity index (χ0v) is 19.2. The summed E-state index contributed by atoms with van der Waals surface area (Å²) in [7, 11) is 3.03. The van der Waals surface area contributed by atoms with Gasteiger partial charge in [-0.05, 0) is 32.3 Å². The van der Waals surface area contributed by atoms with Gasteiger partial charge in [-0.1, -0.05) is 16.8 Å². The number of hydrogen-bond donors (Lipinski definition) is 1. The number of aryl methyl sites for hydroxylation is 2. The van der Waals surface area contributed by atoms with Gasteiger partial charge in [-0.2, -0.15) is 4.98 Å². The van der Waals surface area contributed by atoms with E-state index in [2.05, 4.69) is 20.4 Å². The summed E-state index contributed by atoms with van der Waals surface area (Å²) in [5.74, 6) is 2.11. The summed E-state index contributed by atoms with van der Waals surface area (Å²) >= 11 is 6.19. The molecule has 0 bridgehead atoms. The topological polar surface area (TPSA) is 103 Å². The van der Waals surface area contributed by atoms with E-state index in [0.29, 0.717) is 40.2 Å². The quantitative estimate of drug-likeness (QED) is 0.561. The second-order valence-corrected chi connectivity index (χ2v) is 8.10. The van der Waals surface area contributed by atoms with Crippen molar-refractivity contribution in [3.63, 3.8) is 0 Å². The van der Waals surface area contributed by atoms with Crippen molar-refractivity contribution in [3.05, 3.63) is 28.7 Å². The van der Waals surface area contributed by atoms with E-state index in [-0.39, 0.29) is 12.3 Å². The number of nitrogens with one attached hydrogen (secondary N) is 1. The van der Waals surface area contributed by atoms with E-state index in [0.717, 1.165) is 42.8 Å². The molecule has 170 valence electrons. The second kappa shape index (κ2) is 9.60. The number of anilines is 2. The highest BCUT2D eigenvalue weighted by atomic mass is 35.5. The van der Waals surface area contributed by atoms with E-state index < -0.39 is 0 Å². The molecule has 4 rings (SSSR count). The van der Waals surface area contributed by atoms with Crippen LogP contribution >= 0.6 is 11.6 Å². The number of ether oxygens (including phenoxy) is 2. The molecule has 3 heterocycles. The highest BCUT2D eigenvalue weighted by molar-refractivity contribution is 6.32. The highest BCUT2D eigenvalue weighted by Gasteiger charge is 2.22. The summed E-state index contributed by atoms with van der Waals surface area (Å²) in [5.41, 5.74) is 1.70. The van der Waals surface area contributed by atoms with Gasteiger partial charge in [-0.3, -0.25) is 4.79 Å². The minimum atomic E-state index is -0.207. The Kier molecular flexibility index (Phi) is 6.64. The predicted octanol–water partition coefficient (Wildman–Crippen LogP) is 4.16. The molecule has 0 atom stereocenters. The summed E-state index contributed by atoms with van der Waals surface area (Å²) in [6.07, 6.45) is 4.01. The number of methoxy groups -OCH3 is 2. The Hall–Kier alpha value is -3.07. The largest absolute Gasteiger partial charge is 0.495 e. The van der Waals surface area contributed by atoms with Crippen LogP contribution in [0.4, 0.5) is 11.5 Å². The fraction of sp³-hybridized carbons (Fsp3) is 0.455. The predicted molar refractivity (Wildman–Crippen MR) is 122 cm³/mol. The molecule has 1 aromatic carbocycles. The zero-order chi connectivity index (χ0) is 22.7. The summed E-state index contributed by atoms with van der Waals surface area (Å²) in [6, 6.07) is 3.23. The van der Waals surface area contributed by atoms with E-state index in [4.69, 9.17) is 30.6 Å². The van der Waals surface area contributed by atoms with Crippen molar-refractivity contribution >= 4 is 40.1 Å². The molecule has 32 heavy (non-hydrogen) atoms. The van der Waals surface area contributed by atoms with Crippen molar-refractivity contribution in [3.8, 4) is 11.5 Å². The van der Waals surface area contributed by atoms with Crippen molar-refractivity contribution in [1.29, 1.82) is 0 Å². The molecule has 0 aliphatic carbocycles. The van der Waals surface area contributed by atoms with Crippen molar-refractivity contribution in [2.75, 3.05) is 37.5 Å². The average molecular weight is 460 g/mol. The SMILES string of the molecule is COc1cc(OC)c(NC(=O)CCc2nc(N3CCCCC3)c3c(C)noc3n2)cc1Cl. The summed E-state index contributed by atoms with van der Waals surface area (Å²) in [4.78, 5) is 24.2. The molecule has 1 amide bonds. The summed E-state index contributed by atoms with van der Waals surface area (Å²) in [5, 5.41) is 8.13. The monoisotopic (exact) mass is 459 g/mol. The van der Waals surface area contributed by atoms with Crippen molar-refractivity contribution in [2.45, 2.75) is 39.0 Å². The molecule has 0 unspecified atom stereocenters. The molecule has 1 fully saturated rings. The van der Waals surface area contributed by atoms with Crippen LogP contribution < -0.4 is 19.7 Å². The first kappa shape index (κ1) is 22.1. The van der Waals surface area contributed by atoms with Crippen LogP contribution in [0, 0.1) is 6.92 Å². The number of nitrogens with zero attached hydrogens (tertiary/aromatic N) is 4. The van der Waals surface area contributed by atoms with Crippen LogP contribution in [0.5, 0.6) is 11.5 Å². The average Bonchev–Trinajstić information content (AvgIpc) is 3.18. The first-order valence-electron chi connectivity index (χ1n) is 10.6. The van der Waals surface area contributed by atoms with Crippen molar-refractivity contribution < 1.29 is 18.8 Å². The maximum atomic E-state index is 12.6. The van der Waals surface area contributed by atoms with E-state index in [1.165, 1.54) is 20.6 Å². The number of aromatic nitrogens is 3. The smallest absolute Gasteiger partial charge is 0.263 e. The van der Waals surface area contributed by atoms with Gasteiger partial charge in [-0.15, -0.1) is 0 Å². The Balaban J connectivity index is 1.51. The minimum absolute atomic E-state index is 0.185. The lowest BCUT2D eigenvalue weighted by Crippen LogP contribution is -2.30. The molecule has 0 radical (unpaired) electrons. The van der Waals surface area contributed by atoms with E-state index >= 15 is 0 Å². The molecular weight excluding hydrogens is 434 g/mol. The van der Waals surface area contributed by atoms with Crippen LogP contribution in [0.25, 0.3) is 11.1 Å². The Labute approximate surface area is 191 Å². The van der Waals surface area contributed by atoms with E-state index in [1.807, 2.05) is 6.92 Å². The van der Waals surface area contributed by atoms with Gasteiger partial charge >= 0.3 is 0 Å². The number of piperidine rings is 1. The molecule has 1 N–H and O–H groups in total. The minimum Gasteiger partial charge on any atom is -0.495 e. The second-order valence-electron chi connectivity index (χ2n) is 7.69. The maximum absolute atomic E-state index is 12.6. The van der Waals surface area contributed by atoms with Crippen LogP contribution in [-0.4, -0.2) is 48.3 Å². The summed E-state index contributed by atoms with van der Waals surface area (Å²) in [6.45, 7) is 3.77. The number of benzene rings is 1. The molecule has 0 saturated carbocycles. The molecule has 2 aromatic heterocycles. The van der Waals surface area contributed by atoms with Crippen molar-refractivity contribution in [2.24, 2.45) is 0 Å². The van der Waals surface area contributed by atoms with Crippen LogP contribution in [0.15, 0.2) is 16.7 Å². The number of fused-ring (bicyclic) bond motifs is 1. The Morgan fingerprint density at radius 1 is 1.16 bits per heavy atom. The first-order chi connectivity index (χ1) is 15.5. The van der Waals surface area contributed by atoms with Crippen molar-refractivity contribution in [1.82, 2.24) is 15.1 Å². The first-order valence-corrected chi connectivity index (χ1v) is 11.0. The maximum Gasteiger partial charge on any atom is 0.263 e. The van der Waals surface area contributed by atoms with Gasteiger partial charge in [0, 0.05) is 32.0 Å². The number of rotatable bonds is 7. The van der Waals surface area contributed by atoms with Gasteiger partial charge in [0.15, 0.2) is 0 Å². The lowest BCUT2D eigenvalue weighted by molar-refractivity contribution is -0.116. The van der Waals surface area contributed by atoms with Crippen LogP contribution in [0.2, 0.25) is 5.02 Å². The van der Waals surface area contributed by atoms with E-state index in [9.17, 15) is 4.79 Å². The van der Waals surface area contributed by atoms with Crippen LogP contribution in [-0.2, 0) is 11.2 Å². The molecule has 1 saturated heterocycles. The zero-order valence-electron chi connectivity index (χ0n) is 18.4. The number of carbonyl (C=O) groups excluding carboxylic acids is 1. The summed E-state index contributed by atoms with van der Waals surface area (Å²) < 4.78 is 15.9. The lowest BCUT2D eigenvalue weighted by Gasteiger charge is -2.28. The van der Waals surface area contributed by atoms with Gasteiger partial charge in [-0.25, -0.2) is 4.98 Å². The third-order valence-electron chi connectivity index (χ3n) is 5.51. The normalized spacial score (nSPS) is 13.9. The Morgan fingerprint density at radius 2 is 1.91 bits per heavy atom. The highest BCUT2D eigenvalue weighted by Crippen LogP contribution is 2.36. The van der Waals surface area contributed by atoms with Gasteiger partial charge < -0.3 is 24.2 Å². The van der Waals surface area contributed by atoms with E-state index in [1.54, 1.807) is 12.1 Å². The molecule has 10 heteroatoms. The Bertz CT molecular complexity index is 1130. The molecule has 1 aliphatic heterocycles. The van der Waals surface area contributed by atoms with Gasteiger partial charge in [0.1, 0.15) is 28.5 Å². The van der Waals surface area contributed by atoms with Gasteiger partial charge in [0.25, 0.3) is 5.71 Å². The van der Waals surface area contributed by atoms with Gasteiger partial charge in [0.2, 0.25) is 5.91 Å². The third kappa shape index (κ3) is 4.57. The molecule has 9 nitrogen and oxygen atoms in total. The van der Waals surface area contributed by atoms with Gasteiger partial charge in [0.05, 0.1) is 30.6 Å². The molecule has 0 spiro atoms. The number of amides is 1. The number of hydrogen-bond acceptors (Lipinski definition) is 8. The number of halogens is 1. The standard InChI is InChI=1S/C22H26ClN5O4/c1-13-20-21(28-9-5-4-6-10-28)25-18(26-22(20)32-27-13)7-8-19(29)24-15-11-14(23)16(30-2)12-17(15)31-3/h11-12H,4-10H2,1-3H3,(H,24,29). The van der Waals surface area contributed by atoms with Crippen LogP contribution in [0.3, 0.4) is 0 Å². The fourth-order valence-electron chi connectivity index (χ4n) is 3.85. The Morgan fingerprint density at radius 3 is 2.62 bits per heavy atom. The molecule has 1 aliphatic rings. The molecular formula is C22H26ClN5O4. The third-order valence-corrected chi connectivity index (χ3v) is 5.81. The molecule has 3 aromatic rings. The lowest BCUT2D eigenvalue weighted by atomic mass is 10.1. The number of carbonyl (C=O) groups is 1. The fourth-order valence-corrected chi connectivity index (χ4v) is 4.09.